The summed E-state index contributed by atoms with van der Waals surface area (Å²) in [5.41, 5.74) is 3.79. The van der Waals surface area contributed by atoms with Crippen molar-refractivity contribution in [3.05, 3.63) is 62.3 Å². The number of halogens is 1. The van der Waals surface area contributed by atoms with Gasteiger partial charge in [0.15, 0.2) is 5.43 Å². The van der Waals surface area contributed by atoms with Gasteiger partial charge in [-0.3, -0.25) is 9.59 Å². The number of hydrogen-bond donors (Lipinski definition) is 2. The third-order valence-electron chi connectivity index (χ3n) is 6.16. The van der Waals surface area contributed by atoms with Crippen molar-refractivity contribution in [2.75, 3.05) is 11.4 Å². The Morgan fingerprint density at radius 2 is 1.87 bits per heavy atom. The first-order chi connectivity index (χ1) is 14.3. The largest absolute Gasteiger partial charge is 0.369 e. The van der Waals surface area contributed by atoms with Crippen molar-refractivity contribution in [2.24, 2.45) is 0 Å². The van der Waals surface area contributed by atoms with Gasteiger partial charge in [0.05, 0.1) is 0 Å². The van der Waals surface area contributed by atoms with Crippen molar-refractivity contribution in [1.82, 2.24) is 10.3 Å². The van der Waals surface area contributed by atoms with Gasteiger partial charge in [0, 0.05) is 53.4 Å². The van der Waals surface area contributed by atoms with E-state index in [4.69, 9.17) is 0 Å². The number of benzene rings is 1. The van der Waals surface area contributed by atoms with Gasteiger partial charge in [-0.25, -0.2) is 4.39 Å². The van der Waals surface area contributed by atoms with E-state index in [1.54, 1.807) is 6.07 Å². The number of aromatic nitrogens is 1. The van der Waals surface area contributed by atoms with Gasteiger partial charge in [-0.2, -0.15) is 0 Å². The van der Waals surface area contributed by atoms with Crippen LogP contribution in [0.1, 0.15) is 71.9 Å². The summed E-state index contributed by atoms with van der Waals surface area (Å²) in [6.45, 7) is 8.45. The van der Waals surface area contributed by atoms with E-state index in [0.717, 1.165) is 42.0 Å². The average molecular weight is 414 g/mol. The lowest BCUT2D eigenvalue weighted by Crippen LogP contribution is -2.37. The molecule has 1 saturated carbocycles. The maximum Gasteiger partial charge on any atom is 0.252 e. The molecule has 0 aliphatic heterocycles. The van der Waals surface area contributed by atoms with Crippen LogP contribution < -0.4 is 15.6 Å². The molecule has 6 heteroatoms. The molecule has 30 heavy (non-hydrogen) atoms. The van der Waals surface area contributed by atoms with Crippen LogP contribution in [-0.2, 0) is 6.54 Å². The molecule has 0 bridgehead atoms. The smallest absolute Gasteiger partial charge is 0.252 e. The first-order valence-corrected chi connectivity index (χ1v) is 10.9. The standard InChI is InChI=1S/C24H32FN3O2/c1-5-28(19-9-7-6-8-10-19)22-13-18(25)12-20(16(22)3)24(30)26-14-21-17(4)27-15(2)11-23(21)29/h11-13,19H,5-10,14H2,1-4H3,(H,26,30)(H,27,29). The quantitative estimate of drug-likeness (QED) is 0.731. The Morgan fingerprint density at radius 1 is 1.17 bits per heavy atom. The summed E-state index contributed by atoms with van der Waals surface area (Å²) in [4.78, 5) is 30.5. The van der Waals surface area contributed by atoms with Crippen LogP contribution in [0.15, 0.2) is 23.0 Å². The fourth-order valence-corrected chi connectivity index (χ4v) is 4.58. The highest BCUT2D eigenvalue weighted by Gasteiger charge is 2.24. The van der Waals surface area contributed by atoms with Gasteiger partial charge >= 0.3 is 0 Å². The number of amides is 1. The van der Waals surface area contributed by atoms with E-state index in [2.05, 4.69) is 22.1 Å². The lowest BCUT2D eigenvalue weighted by Gasteiger charge is -2.36. The second-order valence-corrected chi connectivity index (χ2v) is 8.28. The Hall–Kier alpha value is -2.63. The summed E-state index contributed by atoms with van der Waals surface area (Å²) >= 11 is 0. The normalized spacial score (nSPS) is 14.6. The van der Waals surface area contributed by atoms with E-state index in [1.807, 2.05) is 20.8 Å². The fraction of sp³-hybridized carbons (Fsp3) is 0.500. The van der Waals surface area contributed by atoms with Crippen LogP contribution in [0.3, 0.4) is 0 Å². The molecule has 1 fully saturated rings. The molecule has 3 rings (SSSR count). The van der Waals surface area contributed by atoms with Crippen LogP contribution in [-0.4, -0.2) is 23.5 Å². The van der Waals surface area contributed by atoms with Crippen LogP contribution in [0.25, 0.3) is 0 Å². The number of pyridine rings is 1. The summed E-state index contributed by atoms with van der Waals surface area (Å²) in [6, 6.07) is 4.73. The number of anilines is 1. The van der Waals surface area contributed by atoms with Gasteiger partial charge in [-0.15, -0.1) is 0 Å². The highest BCUT2D eigenvalue weighted by molar-refractivity contribution is 5.97. The summed E-state index contributed by atoms with van der Waals surface area (Å²) in [7, 11) is 0. The van der Waals surface area contributed by atoms with Gasteiger partial charge in [-0.1, -0.05) is 19.3 Å². The number of aromatic amines is 1. The monoisotopic (exact) mass is 413 g/mol. The lowest BCUT2D eigenvalue weighted by atomic mass is 9.93. The first kappa shape index (κ1) is 22.1. The predicted octanol–water partition coefficient (Wildman–Crippen LogP) is 4.53. The molecule has 0 spiro atoms. The molecule has 1 heterocycles. The minimum Gasteiger partial charge on any atom is -0.369 e. The van der Waals surface area contributed by atoms with Gasteiger partial charge in [-0.05, 0) is 58.2 Å². The van der Waals surface area contributed by atoms with Gasteiger partial charge in [0.25, 0.3) is 5.91 Å². The summed E-state index contributed by atoms with van der Waals surface area (Å²) in [5, 5.41) is 2.80. The number of carbonyl (C=O) groups is 1. The van der Waals surface area contributed by atoms with E-state index in [9.17, 15) is 14.0 Å². The van der Waals surface area contributed by atoms with Crippen molar-refractivity contribution in [1.29, 1.82) is 0 Å². The molecule has 1 aliphatic rings. The molecule has 5 nitrogen and oxygen atoms in total. The van der Waals surface area contributed by atoms with Crippen molar-refractivity contribution < 1.29 is 9.18 Å². The van der Waals surface area contributed by atoms with Crippen LogP contribution >= 0.6 is 0 Å². The zero-order chi connectivity index (χ0) is 21.8. The van der Waals surface area contributed by atoms with Crippen molar-refractivity contribution >= 4 is 11.6 Å². The number of nitrogens with zero attached hydrogens (tertiary/aromatic N) is 1. The number of carbonyl (C=O) groups excluding carboxylic acids is 1. The van der Waals surface area contributed by atoms with Crippen molar-refractivity contribution in [2.45, 2.75) is 72.4 Å². The minimum atomic E-state index is -0.417. The second kappa shape index (κ2) is 9.45. The maximum atomic E-state index is 14.5. The average Bonchev–Trinajstić information content (AvgIpc) is 2.70. The van der Waals surface area contributed by atoms with Crippen LogP contribution in [0.2, 0.25) is 0 Å². The molecular weight excluding hydrogens is 381 g/mol. The zero-order valence-corrected chi connectivity index (χ0v) is 18.4. The molecule has 2 N–H and O–H groups in total. The minimum absolute atomic E-state index is 0.103. The van der Waals surface area contributed by atoms with Gasteiger partial charge in [0.2, 0.25) is 0 Å². The van der Waals surface area contributed by atoms with Crippen LogP contribution in [0.4, 0.5) is 10.1 Å². The zero-order valence-electron chi connectivity index (χ0n) is 18.4. The Kier molecular flexibility index (Phi) is 6.95. The molecule has 0 atom stereocenters. The third-order valence-corrected chi connectivity index (χ3v) is 6.16. The van der Waals surface area contributed by atoms with Crippen LogP contribution in [0.5, 0.6) is 0 Å². The first-order valence-electron chi connectivity index (χ1n) is 10.9. The molecule has 1 aromatic heterocycles. The molecular formula is C24H32FN3O2. The van der Waals surface area contributed by atoms with E-state index < -0.39 is 5.82 Å². The van der Waals surface area contributed by atoms with Crippen molar-refractivity contribution in [3.63, 3.8) is 0 Å². The number of rotatable bonds is 6. The Bertz CT molecular complexity index is 977. The summed E-state index contributed by atoms with van der Waals surface area (Å²) < 4.78 is 14.5. The molecule has 2 aromatic rings. The molecule has 0 unspecified atom stereocenters. The Morgan fingerprint density at radius 3 is 2.50 bits per heavy atom. The predicted molar refractivity (Wildman–Crippen MR) is 119 cm³/mol. The molecule has 1 aliphatic carbocycles. The van der Waals surface area contributed by atoms with Gasteiger partial charge < -0.3 is 15.2 Å². The Balaban J connectivity index is 1.85. The van der Waals surface area contributed by atoms with Crippen molar-refractivity contribution in [3.8, 4) is 0 Å². The number of hydrogen-bond acceptors (Lipinski definition) is 3. The highest BCUT2D eigenvalue weighted by atomic mass is 19.1. The topological polar surface area (TPSA) is 65.2 Å². The second-order valence-electron chi connectivity index (χ2n) is 8.28. The molecule has 0 saturated heterocycles. The van der Waals surface area contributed by atoms with E-state index in [-0.39, 0.29) is 17.9 Å². The lowest BCUT2D eigenvalue weighted by molar-refractivity contribution is 0.0949. The molecule has 1 aromatic carbocycles. The highest BCUT2D eigenvalue weighted by Crippen LogP contribution is 2.31. The number of aryl methyl sites for hydroxylation is 2. The molecule has 1 amide bonds. The van der Waals surface area contributed by atoms with Gasteiger partial charge in [0.1, 0.15) is 5.82 Å². The molecule has 0 radical (unpaired) electrons. The van der Waals surface area contributed by atoms with E-state index >= 15 is 0 Å². The summed E-state index contributed by atoms with van der Waals surface area (Å²) in [6.07, 6.45) is 5.82. The van der Waals surface area contributed by atoms with E-state index in [0.29, 0.717) is 17.2 Å². The van der Waals surface area contributed by atoms with Crippen LogP contribution in [0, 0.1) is 26.6 Å². The Labute approximate surface area is 177 Å². The molecule has 162 valence electrons. The number of nitrogens with one attached hydrogen (secondary N) is 2. The third kappa shape index (κ3) is 4.74. The SMILES string of the molecule is CCN(c1cc(F)cc(C(=O)NCc2c(C)[nH]c(C)cc2=O)c1C)C1CCCCC1. The summed E-state index contributed by atoms with van der Waals surface area (Å²) in [5.74, 6) is -0.785. The number of H-pyrrole nitrogens is 1. The fourth-order valence-electron chi connectivity index (χ4n) is 4.58. The maximum absolute atomic E-state index is 14.5. The van der Waals surface area contributed by atoms with E-state index in [1.165, 1.54) is 31.4 Å².